The van der Waals surface area contributed by atoms with Crippen molar-refractivity contribution in [3.63, 3.8) is 0 Å². The normalized spacial score (nSPS) is 10.7. The van der Waals surface area contributed by atoms with Gasteiger partial charge in [0.15, 0.2) is 5.69 Å². The molecule has 20 heavy (non-hydrogen) atoms. The van der Waals surface area contributed by atoms with Gasteiger partial charge in [0.1, 0.15) is 0 Å². The smallest absolute Gasteiger partial charge is 0.304 e. The zero-order chi connectivity index (χ0) is 14.1. The Labute approximate surface area is 111 Å². The predicted octanol–water partition coefficient (Wildman–Crippen LogP) is 0.470. The second kappa shape index (κ2) is 4.63. The van der Waals surface area contributed by atoms with Crippen molar-refractivity contribution in [2.75, 3.05) is 5.43 Å². The van der Waals surface area contributed by atoms with Crippen molar-refractivity contribution < 1.29 is 9.15 Å². The first kappa shape index (κ1) is 12.1. The number of nitrogens with two attached hydrogens (primary N) is 1. The lowest BCUT2D eigenvalue weighted by Crippen LogP contribution is -2.14. The van der Waals surface area contributed by atoms with Crippen molar-refractivity contribution in [1.82, 2.24) is 20.0 Å². The van der Waals surface area contributed by atoms with E-state index in [0.29, 0.717) is 5.69 Å². The van der Waals surface area contributed by atoms with Gasteiger partial charge in [0.05, 0.1) is 5.69 Å². The summed E-state index contributed by atoms with van der Waals surface area (Å²) in [6.07, 6.45) is 0. The van der Waals surface area contributed by atoms with E-state index in [-0.39, 0.29) is 17.3 Å². The molecule has 0 saturated carbocycles. The number of rotatable bonds is 3. The molecule has 0 aliphatic heterocycles. The second-order valence-corrected chi connectivity index (χ2v) is 4.05. The van der Waals surface area contributed by atoms with Gasteiger partial charge in [-0.05, 0) is 29.4 Å². The fraction of sp³-hybridized carbons (Fsp3) is 0.0909. The number of aromatic nitrogens is 4. The molecule has 3 N–H and O–H groups in total. The van der Waals surface area contributed by atoms with Gasteiger partial charge in [0.2, 0.25) is 11.6 Å². The maximum atomic E-state index is 11.8. The molecule has 3 rings (SSSR count). The topological polar surface area (TPSA) is 125 Å². The van der Waals surface area contributed by atoms with Gasteiger partial charge in [-0.15, -0.1) is 0 Å². The lowest BCUT2D eigenvalue weighted by molar-refractivity contribution is 0.309. The lowest BCUT2D eigenvalue weighted by Gasteiger charge is -2.03. The predicted molar refractivity (Wildman–Crippen MR) is 67.9 cm³/mol. The number of nitrogens with zero attached hydrogens (tertiary/aromatic N) is 4. The molecule has 102 valence electrons. The van der Waals surface area contributed by atoms with Crippen LogP contribution in [0.3, 0.4) is 0 Å². The fourth-order valence-electron chi connectivity index (χ4n) is 1.75. The highest BCUT2D eigenvalue weighted by molar-refractivity contribution is 5.65. The number of hydrogen-bond acceptors (Lipinski definition) is 8. The average molecular weight is 274 g/mol. The van der Waals surface area contributed by atoms with E-state index in [4.69, 9.17) is 5.84 Å². The number of nitrogen functional groups attached to an aromatic ring is 1. The van der Waals surface area contributed by atoms with Crippen molar-refractivity contribution in [2.45, 2.75) is 6.92 Å². The Hall–Kier alpha value is -2.94. The number of anilines is 1. The minimum absolute atomic E-state index is 0.146. The van der Waals surface area contributed by atoms with Crippen LogP contribution in [0.1, 0.15) is 5.56 Å². The minimum atomic E-state index is -0.644. The Bertz CT molecular complexity index is 785. The molecule has 0 bridgehead atoms. The van der Waals surface area contributed by atoms with Gasteiger partial charge in [0.25, 0.3) is 0 Å². The van der Waals surface area contributed by atoms with Gasteiger partial charge in [-0.3, -0.25) is 4.52 Å². The summed E-state index contributed by atoms with van der Waals surface area (Å²) in [7, 11) is 0. The van der Waals surface area contributed by atoms with E-state index in [2.05, 4.69) is 30.0 Å². The third-order valence-corrected chi connectivity index (χ3v) is 2.73. The van der Waals surface area contributed by atoms with Gasteiger partial charge in [-0.25, -0.2) is 19.8 Å². The molecule has 0 spiro atoms. The van der Waals surface area contributed by atoms with Crippen LogP contribution in [-0.4, -0.2) is 20.0 Å². The number of nitrogens with one attached hydrogen (secondary N) is 1. The Kier molecular flexibility index (Phi) is 2.80. The van der Waals surface area contributed by atoms with Crippen LogP contribution in [0.25, 0.3) is 17.2 Å². The number of hydrogen-bond donors (Lipinski definition) is 2. The van der Waals surface area contributed by atoms with Crippen LogP contribution >= 0.6 is 0 Å². The average Bonchev–Trinajstić information content (AvgIpc) is 3.05. The van der Waals surface area contributed by atoms with E-state index < -0.39 is 5.76 Å². The molecule has 0 aliphatic carbocycles. The molecule has 0 aliphatic rings. The zero-order valence-corrected chi connectivity index (χ0v) is 10.4. The van der Waals surface area contributed by atoms with Crippen LogP contribution in [0, 0.1) is 6.92 Å². The number of aryl methyl sites for hydroxylation is 1. The van der Waals surface area contributed by atoms with Crippen LogP contribution in [0.4, 0.5) is 5.82 Å². The summed E-state index contributed by atoms with van der Waals surface area (Å²) in [4.78, 5) is 11.8. The molecule has 0 fully saturated rings. The van der Waals surface area contributed by atoms with Crippen LogP contribution in [0.2, 0.25) is 0 Å². The Morgan fingerprint density at radius 1 is 1.20 bits per heavy atom. The monoisotopic (exact) mass is 274 g/mol. The SMILES string of the molecule is Cc1ccc(-n2c(-c3nonc3NN)noc2=O)cc1. The molecule has 3 aromatic rings. The summed E-state index contributed by atoms with van der Waals surface area (Å²) in [6.45, 7) is 1.94. The molecule has 2 aromatic heterocycles. The van der Waals surface area contributed by atoms with Crippen molar-refractivity contribution in [3.05, 3.63) is 40.4 Å². The van der Waals surface area contributed by atoms with Gasteiger partial charge >= 0.3 is 5.76 Å². The van der Waals surface area contributed by atoms with Crippen molar-refractivity contribution >= 4 is 5.82 Å². The third kappa shape index (κ3) is 1.86. The van der Waals surface area contributed by atoms with Crippen LogP contribution in [0.15, 0.2) is 38.2 Å². The fourth-order valence-corrected chi connectivity index (χ4v) is 1.75. The van der Waals surface area contributed by atoms with Gasteiger partial charge in [-0.1, -0.05) is 22.9 Å². The first-order valence-corrected chi connectivity index (χ1v) is 5.66. The van der Waals surface area contributed by atoms with Gasteiger partial charge in [-0.2, -0.15) is 0 Å². The number of benzene rings is 1. The molecular weight excluding hydrogens is 264 g/mol. The maximum absolute atomic E-state index is 11.8. The zero-order valence-electron chi connectivity index (χ0n) is 10.4. The first-order chi connectivity index (χ1) is 9.70. The van der Waals surface area contributed by atoms with E-state index in [9.17, 15) is 4.79 Å². The van der Waals surface area contributed by atoms with Crippen molar-refractivity contribution in [2.24, 2.45) is 5.84 Å². The molecule has 2 heterocycles. The van der Waals surface area contributed by atoms with Crippen LogP contribution in [-0.2, 0) is 0 Å². The Balaban J connectivity index is 2.20. The highest BCUT2D eigenvalue weighted by Gasteiger charge is 2.22. The Morgan fingerprint density at radius 3 is 2.65 bits per heavy atom. The lowest BCUT2D eigenvalue weighted by atomic mass is 10.2. The summed E-state index contributed by atoms with van der Waals surface area (Å²) in [5, 5.41) is 10.9. The van der Waals surface area contributed by atoms with Gasteiger partial charge in [0, 0.05) is 0 Å². The standard InChI is InChI=1S/C11H10N6O3/c1-6-2-4-7(5-3-6)17-10(16-19-11(17)18)8-9(13-12)15-20-14-8/h2-5H,12H2,1H3,(H,13,15). The van der Waals surface area contributed by atoms with E-state index in [1.165, 1.54) is 4.57 Å². The van der Waals surface area contributed by atoms with E-state index >= 15 is 0 Å². The van der Waals surface area contributed by atoms with E-state index in [1.807, 2.05) is 19.1 Å². The summed E-state index contributed by atoms with van der Waals surface area (Å²) in [5.74, 6) is 4.94. The summed E-state index contributed by atoms with van der Waals surface area (Å²) in [5.41, 5.74) is 4.13. The molecule has 0 atom stereocenters. The van der Waals surface area contributed by atoms with Crippen LogP contribution < -0.4 is 17.0 Å². The first-order valence-electron chi connectivity index (χ1n) is 5.66. The quantitative estimate of drug-likeness (QED) is 0.521. The summed E-state index contributed by atoms with van der Waals surface area (Å²) >= 11 is 0. The number of hydrazine groups is 1. The molecular formula is C11H10N6O3. The highest BCUT2D eigenvalue weighted by Crippen LogP contribution is 2.23. The van der Waals surface area contributed by atoms with E-state index in [0.717, 1.165) is 5.56 Å². The molecule has 0 amide bonds. The second-order valence-electron chi connectivity index (χ2n) is 4.05. The summed E-state index contributed by atoms with van der Waals surface area (Å²) < 4.78 is 10.5. The molecule has 0 saturated heterocycles. The molecule has 9 heteroatoms. The molecule has 0 unspecified atom stereocenters. The Morgan fingerprint density at radius 2 is 1.95 bits per heavy atom. The van der Waals surface area contributed by atoms with E-state index in [1.54, 1.807) is 12.1 Å². The third-order valence-electron chi connectivity index (χ3n) is 2.73. The molecule has 0 radical (unpaired) electrons. The van der Waals surface area contributed by atoms with Crippen LogP contribution in [0.5, 0.6) is 0 Å². The molecule has 9 nitrogen and oxygen atoms in total. The maximum Gasteiger partial charge on any atom is 0.446 e. The van der Waals surface area contributed by atoms with Crippen molar-refractivity contribution in [1.29, 1.82) is 0 Å². The summed E-state index contributed by atoms with van der Waals surface area (Å²) in [6, 6.07) is 7.25. The molecule has 1 aromatic carbocycles. The largest absolute Gasteiger partial charge is 0.446 e. The minimum Gasteiger partial charge on any atom is -0.304 e. The van der Waals surface area contributed by atoms with Gasteiger partial charge < -0.3 is 5.43 Å². The van der Waals surface area contributed by atoms with Crippen molar-refractivity contribution in [3.8, 4) is 17.2 Å². The highest BCUT2D eigenvalue weighted by atomic mass is 16.6.